The summed E-state index contributed by atoms with van der Waals surface area (Å²) in [6.45, 7) is 4.51. The molecule has 1 aliphatic carbocycles. The standard InChI is InChI=1S/C11H18N2O2/c1-9(14)4-5-12-6-7-13(8-11(12)15)10-2-3-10/h10H,2-8H2,1H3. The fourth-order valence-electron chi connectivity index (χ4n) is 2.01. The number of piperazine rings is 1. The van der Waals surface area contributed by atoms with E-state index in [0.29, 0.717) is 25.6 Å². The van der Waals surface area contributed by atoms with Crippen LogP contribution in [-0.2, 0) is 9.59 Å². The van der Waals surface area contributed by atoms with Crippen LogP contribution in [0.5, 0.6) is 0 Å². The third-order valence-electron chi connectivity index (χ3n) is 3.15. The average Bonchev–Trinajstić information content (AvgIpc) is 2.98. The Labute approximate surface area is 90.2 Å². The number of Topliss-reactive ketones (excluding diaryl/α,β-unsaturated/α-hetero) is 1. The lowest BCUT2D eigenvalue weighted by Crippen LogP contribution is -2.51. The Morgan fingerprint density at radius 2 is 2.13 bits per heavy atom. The topological polar surface area (TPSA) is 40.6 Å². The molecule has 0 radical (unpaired) electrons. The van der Waals surface area contributed by atoms with Gasteiger partial charge in [0.2, 0.25) is 5.91 Å². The molecule has 1 heterocycles. The van der Waals surface area contributed by atoms with Gasteiger partial charge in [-0.15, -0.1) is 0 Å². The summed E-state index contributed by atoms with van der Waals surface area (Å²) in [7, 11) is 0. The van der Waals surface area contributed by atoms with E-state index in [1.165, 1.54) is 12.8 Å². The normalized spacial score (nSPS) is 23.3. The van der Waals surface area contributed by atoms with Gasteiger partial charge in [-0.2, -0.15) is 0 Å². The van der Waals surface area contributed by atoms with E-state index < -0.39 is 0 Å². The number of nitrogens with zero attached hydrogens (tertiary/aromatic N) is 2. The van der Waals surface area contributed by atoms with Gasteiger partial charge < -0.3 is 4.90 Å². The maximum atomic E-state index is 11.7. The molecule has 4 heteroatoms. The van der Waals surface area contributed by atoms with Gasteiger partial charge in [-0.1, -0.05) is 0 Å². The zero-order valence-corrected chi connectivity index (χ0v) is 9.24. The van der Waals surface area contributed by atoms with Gasteiger partial charge in [0.25, 0.3) is 0 Å². The minimum atomic E-state index is 0.160. The molecule has 0 N–H and O–H groups in total. The number of ketones is 1. The summed E-state index contributed by atoms with van der Waals surface area (Å²) in [5.74, 6) is 0.349. The van der Waals surface area contributed by atoms with Crippen LogP contribution in [0.2, 0.25) is 0 Å². The van der Waals surface area contributed by atoms with Gasteiger partial charge >= 0.3 is 0 Å². The first-order valence-corrected chi connectivity index (χ1v) is 5.68. The van der Waals surface area contributed by atoms with Crippen LogP contribution in [0.25, 0.3) is 0 Å². The zero-order chi connectivity index (χ0) is 10.8. The fraction of sp³-hybridized carbons (Fsp3) is 0.818. The van der Waals surface area contributed by atoms with Crippen LogP contribution in [0.3, 0.4) is 0 Å². The molecule has 0 aromatic heterocycles. The van der Waals surface area contributed by atoms with E-state index in [2.05, 4.69) is 4.90 Å². The molecule has 2 fully saturated rings. The van der Waals surface area contributed by atoms with Crippen LogP contribution in [0.15, 0.2) is 0 Å². The second-order valence-electron chi connectivity index (χ2n) is 4.53. The van der Waals surface area contributed by atoms with Crippen molar-refractivity contribution in [2.24, 2.45) is 0 Å². The maximum absolute atomic E-state index is 11.7. The van der Waals surface area contributed by atoms with Crippen molar-refractivity contribution in [1.29, 1.82) is 0 Å². The molecule has 0 aromatic rings. The molecular weight excluding hydrogens is 192 g/mol. The maximum Gasteiger partial charge on any atom is 0.236 e. The summed E-state index contributed by atoms with van der Waals surface area (Å²) < 4.78 is 0. The largest absolute Gasteiger partial charge is 0.340 e. The molecule has 4 nitrogen and oxygen atoms in total. The van der Waals surface area contributed by atoms with E-state index in [1.54, 1.807) is 6.92 Å². The highest BCUT2D eigenvalue weighted by molar-refractivity contribution is 5.80. The highest BCUT2D eigenvalue weighted by Gasteiger charge is 2.34. The number of rotatable bonds is 4. The van der Waals surface area contributed by atoms with E-state index in [1.807, 2.05) is 4.90 Å². The van der Waals surface area contributed by atoms with Crippen LogP contribution >= 0.6 is 0 Å². The quantitative estimate of drug-likeness (QED) is 0.669. The lowest BCUT2D eigenvalue weighted by Gasteiger charge is -2.34. The SMILES string of the molecule is CC(=O)CCN1CCN(C2CC2)CC1=O. The average molecular weight is 210 g/mol. The van der Waals surface area contributed by atoms with E-state index in [0.717, 1.165) is 13.1 Å². The highest BCUT2D eigenvalue weighted by atomic mass is 16.2. The summed E-state index contributed by atoms with van der Waals surface area (Å²) >= 11 is 0. The van der Waals surface area contributed by atoms with Crippen LogP contribution in [-0.4, -0.2) is 53.7 Å². The summed E-state index contributed by atoms with van der Waals surface area (Å²) in [5.41, 5.74) is 0. The monoisotopic (exact) mass is 210 g/mol. The molecule has 0 bridgehead atoms. The van der Waals surface area contributed by atoms with Gasteiger partial charge in [0, 0.05) is 32.1 Å². The summed E-state index contributed by atoms with van der Waals surface area (Å²) in [4.78, 5) is 26.6. The molecule has 1 saturated heterocycles. The van der Waals surface area contributed by atoms with Gasteiger partial charge in [-0.25, -0.2) is 0 Å². The molecule has 1 saturated carbocycles. The van der Waals surface area contributed by atoms with E-state index >= 15 is 0 Å². The molecule has 1 amide bonds. The molecular formula is C11H18N2O2. The molecule has 84 valence electrons. The van der Waals surface area contributed by atoms with E-state index in [-0.39, 0.29) is 11.7 Å². The number of carbonyl (C=O) groups excluding carboxylic acids is 2. The highest BCUT2D eigenvalue weighted by Crippen LogP contribution is 2.27. The van der Waals surface area contributed by atoms with Crippen LogP contribution in [0.4, 0.5) is 0 Å². The lowest BCUT2D eigenvalue weighted by atomic mass is 10.2. The smallest absolute Gasteiger partial charge is 0.236 e. The number of carbonyl (C=O) groups is 2. The Morgan fingerprint density at radius 3 is 2.67 bits per heavy atom. The number of hydrogen-bond acceptors (Lipinski definition) is 3. The van der Waals surface area contributed by atoms with Crippen LogP contribution in [0.1, 0.15) is 26.2 Å². The van der Waals surface area contributed by atoms with Gasteiger partial charge in [0.05, 0.1) is 6.54 Å². The predicted molar refractivity (Wildman–Crippen MR) is 56.5 cm³/mol. The third kappa shape index (κ3) is 2.78. The van der Waals surface area contributed by atoms with Gasteiger partial charge in [0.1, 0.15) is 5.78 Å². The van der Waals surface area contributed by atoms with Gasteiger partial charge in [0.15, 0.2) is 0 Å². The molecule has 2 aliphatic rings. The lowest BCUT2D eigenvalue weighted by molar-refractivity contribution is -0.136. The van der Waals surface area contributed by atoms with Crippen molar-refractivity contribution >= 4 is 11.7 Å². The van der Waals surface area contributed by atoms with Crippen molar-refractivity contribution in [2.45, 2.75) is 32.2 Å². The summed E-state index contributed by atoms with van der Waals surface area (Å²) in [6, 6.07) is 0.670. The Bertz CT molecular complexity index is 274. The first-order chi connectivity index (χ1) is 7.16. The van der Waals surface area contributed by atoms with Crippen LogP contribution in [0, 0.1) is 0 Å². The van der Waals surface area contributed by atoms with Gasteiger partial charge in [-0.3, -0.25) is 14.5 Å². The van der Waals surface area contributed by atoms with Crippen molar-refractivity contribution < 1.29 is 9.59 Å². The zero-order valence-electron chi connectivity index (χ0n) is 9.24. The molecule has 0 atom stereocenters. The Kier molecular flexibility index (Phi) is 3.05. The predicted octanol–water partition coefficient (Wildman–Crippen LogP) is 0.272. The summed E-state index contributed by atoms with van der Waals surface area (Å²) in [6.07, 6.45) is 3.00. The first kappa shape index (κ1) is 10.6. The van der Waals surface area contributed by atoms with E-state index in [4.69, 9.17) is 0 Å². The Balaban J connectivity index is 1.78. The third-order valence-corrected chi connectivity index (χ3v) is 3.15. The second kappa shape index (κ2) is 4.31. The number of amides is 1. The molecule has 0 aromatic carbocycles. The van der Waals surface area contributed by atoms with Crippen molar-refractivity contribution in [3.63, 3.8) is 0 Å². The minimum absolute atomic E-state index is 0.160. The second-order valence-corrected chi connectivity index (χ2v) is 4.53. The molecule has 0 unspecified atom stereocenters. The minimum Gasteiger partial charge on any atom is -0.340 e. The first-order valence-electron chi connectivity index (χ1n) is 5.68. The number of hydrogen-bond donors (Lipinski definition) is 0. The summed E-state index contributed by atoms with van der Waals surface area (Å²) in [5, 5.41) is 0. The fourth-order valence-corrected chi connectivity index (χ4v) is 2.01. The molecule has 0 spiro atoms. The molecule has 15 heavy (non-hydrogen) atoms. The molecule has 1 aliphatic heterocycles. The Morgan fingerprint density at radius 1 is 1.40 bits per heavy atom. The van der Waals surface area contributed by atoms with Gasteiger partial charge in [-0.05, 0) is 19.8 Å². The molecule has 2 rings (SSSR count). The van der Waals surface area contributed by atoms with Crippen molar-refractivity contribution in [3.05, 3.63) is 0 Å². The Hall–Kier alpha value is -0.900. The van der Waals surface area contributed by atoms with E-state index in [9.17, 15) is 9.59 Å². The van der Waals surface area contributed by atoms with Crippen molar-refractivity contribution in [3.8, 4) is 0 Å². The van der Waals surface area contributed by atoms with Crippen molar-refractivity contribution in [1.82, 2.24) is 9.80 Å². The van der Waals surface area contributed by atoms with Crippen molar-refractivity contribution in [2.75, 3.05) is 26.2 Å². The van der Waals surface area contributed by atoms with Crippen LogP contribution < -0.4 is 0 Å².